The molecule has 0 amide bonds. The van der Waals surface area contributed by atoms with Crippen LogP contribution in [-0.4, -0.2) is 46.9 Å². The number of hydrogen-bond acceptors (Lipinski definition) is 4. The number of benzene rings is 1. The van der Waals surface area contributed by atoms with Crippen LogP contribution in [0.15, 0.2) is 28.1 Å². The normalized spacial score (nSPS) is 14.6. The van der Waals surface area contributed by atoms with Crippen molar-refractivity contribution in [2.45, 2.75) is 44.6 Å². The van der Waals surface area contributed by atoms with Crippen molar-refractivity contribution >= 4 is 39.8 Å². The van der Waals surface area contributed by atoms with Gasteiger partial charge in [-0.2, -0.15) is 0 Å². The molecule has 1 saturated carbocycles. The number of guanidine groups is 1. The molecule has 1 aliphatic rings. The summed E-state index contributed by atoms with van der Waals surface area (Å²) in [5.74, 6) is 1.57. The fourth-order valence-corrected chi connectivity index (χ4v) is 3.61. The van der Waals surface area contributed by atoms with E-state index >= 15 is 0 Å². The Hall–Kier alpha value is -0.870. The summed E-state index contributed by atoms with van der Waals surface area (Å²) in [7, 11) is -3.18. The van der Waals surface area contributed by atoms with E-state index in [4.69, 9.17) is 4.74 Å². The largest absolute Gasteiger partial charge is 0.381 e. The van der Waals surface area contributed by atoms with Gasteiger partial charge in [0.05, 0.1) is 11.4 Å². The van der Waals surface area contributed by atoms with E-state index in [2.05, 4.69) is 15.6 Å². The van der Waals surface area contributed by atoms with Crippen LogP contribution in [-0.2, 0) is 21.1 Å². The molecule has 0 aliphatic heterocycles. The highest BCUT2D eigenvalue weighted by molar-refractivity contribution is 14.0. The van der Waals surface area contributed by atoms with Gasteiger partial charge in [-0.25, -0.2) is 13.4 Å². The SMILES string of the molecule is CCNC(=NCc1ccc(S(C)(=O)=O)c(C)c1)NCCCOCC1CC1.I. The molecule has 0 atom stereocenters. The molecule has 1 aromatic rings. The minimum Gasteiger partial charge on any atom is -0.381 e. The Kier molecular flexibility index (Phi) is 10.6. The van der Waals surface area contributed by atoms with Crippen molar-refractivity contribution in [3.63, 3.8) is 0 Å². The van der Waals surface area contributed by atoms with Gasteiger partial charge in [0.15, 0.2) is 15.8 Å². The topological polar surface area (TPSA) is 79.8 Å². The van der Waals surface area contributed by atoms with E-state index in [1.165, 1.54) is 19.1 Å². The van der Waals surface area contributed by atoms with E-state index in [-0.39, 0.29) is 24.0 Å². The molecule has 8 heteroatoms. The Morgan fingerprint density at radius 2 is 2.04 bits per heavy atom. The zero-order valence-electron chi connectivity index (χ0n) is 16.5. The second kappa shape index (κ2) is 11.9. The van der Waals surface area contributed by atoms with E-state index in [0.717, 1.165) is 55.7 Å². The van der Waals surface area contributed by atoms with Gasteiger partial charge in [-0.05, 0) is 56.2 Å². The van der Waals surface area contributed by atoms with E-state index in [1.807, 2.05) is 26.0 Å². The number of ether oxygens (including phenoxy) is 1. The average molecular weight is 509 g/mol. The molecule has 0 radical (unpaired) electrons. The molecule has 0 heterocycles. The van der Waals surface area contributed by atoms with Gasteiger partial charge in [-0.15, -0.1) is 24.0 Å². The Bertz CT molecular complexity index is 719. The van der Waals surface area contributed by atoms with Crippen molar-refractivity contribution < 1.29 is 13.2 Å². The summed E-state index contributed by atoms with van der Waals surface area (Å²) in [5, 5.41) is 6.53. The van der Waals surface area contributed by atoms with E-state index in [9.17, 15) is 8.42 Å². The Labute approximate surface area is 180 Å². The average Bonchev–Trinajstić information content (AvgIpc) is 3.38. The molecular weight excluding hydrogens is 477 g/mol. The van der Waals surface area contributed by atoms with Crippen molar-refractivity contribution in [2.24, 2.45) is 10.9 Å². The van der Waals surface area contributed by atoms with Gasteiger partial charge in [0.25, 0.3) is 0 Å². The number of aliphatic imine (C=N–C) groups is 1. The van der Waals surface area contributed by atoms with Crippen LogP contribution in [0.1, 0.15) is 37.3 Å². The smallest absolute Gasteiger partial charge is 0.191 e. The first-order valence-electron chi connectivity index (χ1n) is 9.29. The van der Waals surface area contributed by atoms with Gasteiger partial charge in [-0.3, -0.25) is 0 Å². The number of hydrogen-bond donors (Lipinski definition) is 2. The Morgan fingerprint density at radius 3 is 2.63 bits per heavy atom. The standard InChI is InChI=1S/C19H31N3O3S.HI/c1-4-20-19(21-10-5-11-25-14-16-6-7-16)22-13-17-8-9-18(15(2)12-17)26(3,23)24;/h8-9,12,16H,4-7,10-11,13-14H2,1-3H3,(H2,20,21,22);1H. The van der Waals surface area contributed by atoms with Gasteiger partial charge in [-0.1, -0.05) is 12.1 Å². The molecule has 1 fully saturated rings. The summed E-state index contributed by atoms with van der Waals surface area (Å²) >= 11 is 0. The zero-order valence-corrected chi connectivity index (χ0v) is 19.6. The molecule has 0 spiro atoms. The van der Waals surface area contributed by atoms with Crippen LogP contribution in [0.4, 0.5) is 0 Å². The van der Waals surface area contributed by atoms with Gasteiger partial charge >= 0.3 is 0 Å². The van der Waals surface area contributed by atoms with Crippen molar-refractivity contribution in [3.8, 4) is 0 Å². The fourth-order valence-electron chi connectivity index (χ4n) is 2.65. The number of nitrogens with zero attached hydrogens (tertiary/aromatic N) is 1. The third kappa shape index (κ3) is 9.25. The van der Waals surface area contributed by atoms with E-state index in [1.54, 1.807) is 6.07 Å². The maximum atomic E-state index is 11.7. The molecule has 0 bridgehead atoms. The highest BCUT2D eigenvalue weighted by Crippen LogP contribution is 2.28. The summed E-state index contributed by atoms with van der Waals surface area (Å²) in [6.45, 7) is 7.61. The molecule has 154 valence electrons. The first-order chi connectivity index (χ1) is 12.4. The summed E-state index contributed by atoms with van der Waals surface area (Å²) < 4.78 is 29.0. The molecule has 1 aromatic carbocycles. The molecule has 0 unspecified atom stereocenters. The number of nitrogens with one attached hydrogen (secondary N) is 2. The molecule has 0 saturated heterocycles. The lowest BCUT2D eigenvalue weighted by Crippen LogP contribution is -2.38. The predicted molar refractivity (Wildman–Crippen MR) is 121 cm³/mol. The lowest BCUT2D eigenvalue weighted by atomic mass is 10.1. The minimum atomic E-state index is -3.18. The Morgan fingerprint density at radius 1 is 1.30 bits per heavy atom. The minimum absolute atomic E-state index is 0. The molecule has 2 N–H and O–H groups in total. The van der Waals surface area contributed by atoms with Crippen molar-refractivity contribution in [3.05, 3.63) is 29.3 Å². The Balaban J connectivity index is 0.00000364. The highest BCUT2D eigenvalue weighted by atomic mass is 127. The summed E-state index contributed by atoms with van der Waals surface area (Å²) in [6, 6.07) is 5.37. The second-order valence-corrected chi connectivity index (χ2v) is 8.85. The first kappa shape index (κ1) is 24.2. The second-order valence-electron chi connectivity index (χ2n) is 6.87. The molecular formula is C19H32IN3O3S. The van der Waals surface area contributed by atoms with Crippen molar-refractivity contribution in [2.75, 3.05) is 32.6 Å². The zero-order chi connectivity index (χ0) is 19.0. The summed E-state index contributed by atoms with van der Waals surface area (Å²) in [4.78, 5) is 4.95. The number of sulfone groups is 1. The van der Waals surface area contributed by atoms with Gasteiger partial charge < -0.3 is 15.4 Å². The highest BCUT2D eigenvalue weighted by Gasteiger charge is 2.20. The summed E-state index contributed by atoms with van der Waals surface area (Å²) in [5.41, 5.74) is 1.74. The quantitative estimate of drug-likeness (QED) is 0.220. The fraction of sp³-hybridized carbons (Fsp3) is 0.632. The third-order valence-corrected chi connectivity index (χ3v) is 5.47. The number of rotatable bonds is 10. The van der Waals surface area contributed by atoms with Crippen LogP contribution in [0.3, 0.4) is 0 Å². The van der Waals surface area contributed by atoms with Gasteiger partial charge in [0.1, 0.15) is 0 Å². The van der Waals surface area contributed by atoms with E-state index < -0.39 is 9.84 Å². The predicted octanol–water partition coefficient (Wildman–Crippen LogP) is 2.89. The van der Waals surface area contributed by atoms with Crippen LogP contribution in [0.2, 0.25) is 0 Å². The molecule has 1 aliphatic carbocycles. The molecule has 0 aromatic heterocycles. The number of halogens is 1. The van der Waals surface area contributed by atoms with Crippen LogP contribution in [0.25, 0.3) is 0 Å². The van der Waals surface area contributed by atoms with E-state index in [0.29, 0.717) is 11.4 Å². The van der Waals surface area contributed by atoms with Crippen molar-refractivity contribution in [1.82, 2.24) is 10.6 Å². The maximum Gasteiger partial charge on any atom is 0.191 e. The first-order valence-corrected chi connectivity index (χ1v) is 11.2. The summed E-state index contributed by atoms with van der Waals surface area (Å²) in [6.07, 6.45) is 4.81. The maximum absolute atomic E-state index is 11.7. The lowest BCUT2D eigenvalue weighted by Gasteiger charge is -2.12. The van der Waals surface area contributed by atoms with Crippen LogP contribution >= 0.6 is 24.0 Å². The van der Waals surface area contributed by atoms with Crippen LogP contribution in [0, 0.1) is 12.8 Å². The number of aryl methyl sites for hydroxylation is 1. The van der Waals surface area contributed by atoms with Gasteiger partial charge in [0.2, 0.25) is 0 Å². The monoisotopic (exact) mass is 509 g/mol. The van der Waals surface area contributed by atoms with Gasteiger partial charge in [0, 0.05) is 32.6 Å². The molecule has 2 rings (SSSR count). The van der Waals surface area contributed by atoms with Crippen LogP contribution in [0.5, 0.6) is 0 Å². The molecule has 6 nitrogen and oxygen atoms in total. The van der Waals surface area contributed by atoms with Crippen LogP contribution < -0.4 is 10.6 Å². The van der Waals surface area contributed by atoms with Crippen molar-refractivity contribution in [1.29, 1.82) is 0 Å². The third-order valence-electron chi connectivity index (χ3n) is 4.21. The lowest BCUT2D eigenvalue weighted by molar-refractivity contribution is 0.123. The molecule has 27 heavy (non-hydrogen) atoms.